The number of guanidine groups is 1. The Morgan fingerprint density at radius 3 is 2.42 bits per heavy atom. The number of rotatable bonds is 14. The minimum atomic E-state index is -4.55. The van der Waals surface area contributed by atoms with Crippen LogP contribution in [0.15, 0.2) is 9.52 Å². The van der Waals surface area contributed by atoms with Crippen LogP contribution in [0.3, 0.4) is 0 Å². The molecule has 0 saturated heterocycles. The first-order chi connectivity index (χ1) is 14.3. The van der Waals surface area contributed by atoms with Crippen molar-refractivity contribution in [1.29, 1.82) is 0 Å². The maximum absolute atomic E-state index is 12.3. The number of hydrogen-bond acceptors (Lipinski definition) is 10. The van der Waals surface area contributed by atoms with Crippen molar-refractivity contribution < 1.29 is 32.7 Å². The Hall–Kier alpha value is -2.86. The Morgan fingerprint density at radius 2 is 1.90 bits per heavy atom. The summed E-state index contributed by atoms with van der Waals surface area (Å²) < 4.78 is 33.3. The Kier molecular flexibility index (Phi) is 9.72. The number of aliphatic imine (C=N–C) groups is 1. The second-order valence-electron chi connectivity index (χ2n) is 6.56. The van der Waals surface area contributed by atoms with Gasteiger partial charge in [0.2, 0.25) is 11.8 Å². The Bertz CT molecular complexity index is 882. The maximum atomic E-state index is 12.3. The van der Waals surface area contributed by atoms with E-state index in [-0.39, 0.29) is 17.7 Å². The summed E-state index contributed by atoms with van der Waals surface area (Å²) in [5, 5.41) is 22.1. The zero-order chi connectivity index (χ0) is 23.8. The molecule has 0 aliphatic heterocycles. The summed E-state index contributed by atoms with van der Waals surface area (Å²) in [5.41, 5.74) is 21.5. The lowest BCUT2D eigenvalue weighted by Gasteiger charge is -2.19. The third kappa shape index (κ3) is 9.22. The molecule has 0 spiro atoms. The standard InChI is InChI=1S/C14H27N9O7S/c1-6(24)10(13(26)27)23-31(28,29)22-8(5-9(16)25)12-20-11(21-30-12)7(15)3-2-4-19-14(17)18/h6-8,10,22-24H,2-5,15H2,1H3,(H2,16,25)(H,26,27)(H4,17,18,19)/t6?,7-,8-,10?/m0/s1. The van der Waals surface area contributed by atoms with Crippen LogP contribution in [-0.4, -0.2) is 65.3 Å². The van der Waals surface area contributed by atoms with Crippen LogP contribution >= 0.6 is 0 Å². The molecular formula is C14H27N9O7S. The fourth-order valence-electron chi connectivity index (χ4n) is 2.31. The van der Waals surface area contributed by atoms with Crippen LogP contribution in [0.1, 0.15) is 50.0 Å². The molecule has 176 valence electrons. The topological polar surface area (TPSA) is 288 Å². The van der Waals surface area contributed by atoms with E-state index >= 15 is 0 Å². The summed E-state index contributed by atoms with van der Waals surface area (Å²) in [5.74, 6) is -2.86. The summed E-state index contributed by atoms with van der Waals surface area (Å²) >= 11 is 0. The van der Waals surface area contributed by atoms with Gasteiger partial charge < -0.3 is 37.7 Å². The van der Waals surface area contributed by atoms with Crippen LogP contribution in [0.2, 0.25) is 0 Å². The highest BCUT2D eigenvalue weighted by molar-refractivity contribution is 7.87. The van der Waals surface area contributed by atoms with Crippen molar-refractivity contribution in [3.63, 3.8) is 0 Å². The SMILES string of the molecule is CC(O)C(NS(=O)(=O)N[C@@H](CC(N)=O)c1nc([C@@H](N)CCCN=C(N)N)no1)C(=O)O. The number of primary amides is 1. The molecule has 1 rings (SSSR count). The minimum Gasteiger partial charge on any atom is -0.480 e. The number of amides is 1. The first-order valence-electron chi connectivity index (χ1n) is 8.95. The number of carbonyl (C=O) groups excluding carboxylic acids is 1. The van der Waals surface area contributed by atoms with E-state index in [1.54, 1.807) is 4.72 Å². The van der Waals surface area contributed by atoms with Crippen LogP contribution in [-0.2, 0) is 19.8 Å². The van der Waals surface area contributed by atoms with Crippen LogP contribution < -0.4 is 32.4 Å². The summed E-state index contributed by atoms with van der Waals surface area (Å²) in [7, 11) is -4.55. The average molecular weight is 465 g/mol. The number of carbonyl (C=O) groups is 2. The van der Waals surface area contributed by atoms with E-state index in [1.165, 1.54) is 0 Å². The number of aliphatic hydroxyl groups is 1. The molecule has 16 nitrogen and oxygen atoms in total. The molecule has 1 heterocycles. The molecule has 1 aromatic rings. The summed E-state index contributed by atoms with van der Waals surface area (Å²) in [6.45, 7) is 1.41. The summed E-state index contributed by atoms with van der Waals surface area (Å²) in [6, 6.07) is -3.94. The van der Waals surface area contributed by atoms with E-state index in [2.05, 4.69) is 15.1 Å². The van der Waals surface area contributed by atoms with Gasteiger partial charge in [-0.1, -0.05) is 5.16 Å². The molecule has 0 fully saturated rings. The number of carboxylic acids is 1. The number of nitrogens with two attached hydrogens (primary N) is 4. The molecule has 0 bridgehead atoms. The smallest absolute Gasteiger partial charge is 0.324 e. The van der Waals surface area contributed by atoms with Crippen LogP contribution in [0, 0.1) is 0 Å². The summed E-state index contributed by atoms with van der Waals surface area (Å²) in [6.07, 6.45) is -1.25. The van der Waals surface area contributed by atoms with Gasteiger partial charge in [0.05, 0.1) is 18.6 Å². The molecule has 0 radical (unpaired) electrons. The monoisotopic (exact) mass is 465 g/mol. The maximum Gasteiger partial charge on any atom is 0.324 e. The van der Waals surface area contributed by atoms with Crippen molar-refractivity contribution in [2.75, 3.05) is 6.54 Å². The van der Waals surface area contributed by atoms with Gasteiger partial charge in [0.1, 0.15) is 12.1 Å². The quantitative estimate of drug-likeness (QED) is 0.0747. The second-order valence-corrected chi connectivity index (χ2v) is 8.04. The lowest BCUT2D eigenvalue weighted by Crippen LogP contribution is -2.52. The number of nitrogens with one attached hydrogen (secondary N) is 2. The van der Waals surface area contributed by atoms with Crippen LogP contribution in [0.25, 0.3) is 0 Å². The molecule has 1 amide bonds. The highest BCUT2D eigenvalue weighted by Gasteiger charge is 2.32. The Morgan fingerprint density at radius 1 is 1.26 bits per heavy atom. The molecule has 1 aromatic heterocycles. The zero-order valence-electron chi connectivity index (χ0n) is 16.6. The molecule has 0 saturated carbocycles. The molecule has 4 atom stereocenters. The largest absolute Gasteiger partial charge is 0.480 e. The number of nitrogens with zero attached hydrogens (tertiary/aromatic N) is 3. The third-order valence-electron chi connectivity index (χ3n) is 3.79. The second kappa shape index (κ2) is 11.5. The molecule has 0 aliphatic rings. The Labute approximate surface area is 177 Å². The van der Waals surface area contributed by atoms with Crippen molar-refractivity contribution in [2.24, 2.45) is 27.9 Å². The fraction of sp³-hybridized carbons (Fsp3) is 0.643. The lowest BCUT2D eigenvalue weighted by atomic mass is 10.1. The molecule has 0 aromatic carbocycles. The highest BCUT2D eigenvalue weighted by Crippen LogP contribution is 2.19. The lowest BCUT2D eigenvalue weighted by molar-refractivity contribution is -0.141. The summed E-state index contributed by atoms with van der Waals surface area (Å²) in [4.78, 5) is 30.3. The van der Waals surface area contributed by atoms with Gasteiger partial charge in [-0.25, -0.2) is 0 Å². The van der Waals surface area contributed by atoms with Crippen molar-refractivity contribution in [3.8, 4) is 0 Å². The van der Waals surface area contributed by atoms with Gasteiger partial charge in [-0.3, -0.25) is 14.6 Å². The minimum absolute atomic E-state index is 0.0359. The van der Waals surface area contributed by atoms with Crippen molar-refractivity contribution >= 4 is 28.0 Å². The molecule has 0 aliphatic carbocycles. The van der Waals surface area contributed by atoms with Gasteiger partial charge in [-0.05, 0) is 19.8 Å². The van der Waals surface area contributed by atoms with Gasteiger partial charge in [0.15, 0.2) is 11.8 Å². The zero-order valence-corrected chi connectivity index (χ0v) is 17.4. The molecule has 2 unspecified atom stereocenters. The first-order valence-corrected chi connectivity index (χ1v) is 10.4. The first kappa shape index (κ1) is 26.2. The van der Waals surface area contributed by atoms with E-state index in [9.17, 15) is 23.1 Å². The average Bonchev–Trinajstić information content (AvgIpc) is 3.11. The predicted octanol–water partition coefficient (Wildman–Crippen LogP) is -3.70. The van der Waals surface area contributed by atoms with E-state index < -0.39 is 52.7 Å². The van der Waals surface area contributed by atoms with E-state index in [0.717, 1.165) is 6.92 Å². The number of aromatic nitrogens is 2. The predicted molar refractivity (Wildman–Crippen MR) is 106 cm³/mol. The molecule has 31 heavy (non-hydrogen) atoms. The van der Waals surface area contributed by atoms with Crippen LogP contribution in [0.4, 0.5) is 0 Å². The Balaban J connectivity index is 2.94. The van der Waals surface area contributed by atoms with Gasteiger partial charge in [-0.15, -0.1) is 0 Å². The number of aliphatic carboxylic acids is 1. The van der Waals surface area contributed by atoms with Gasteiger partial charge in [0.25, 0.3) is 10.2 Å². The molecular weight excluding hydrogens is 438 g/mol. The normalized spacial score (nSPS) is 15.6. The van der Waals surface area contributed by atoms with E-state index in [1.807, 2.05) is 4.72 Å². The molecule has 17 heteroatoms. The fourth-order valence-corrected chi connectivity index (χ4v) is 3.57. The van der Waals surface area contributed by atoms with Gasteiger partial charge in [-0.2, -0.15) is 22.8 Å². The van der Waals surface area contributed by atoms with Gasteiger partial charge in [0, 0.05) is 6.54 Å². The van der Waals surface area contributed by atoms with Gasteiger partial charge >= 0.3 is 5.97 Å². The van der Waals surface area contributed by atoms with E-state index in [4.69, 9.17) is 32.6 Å². The number of carboxylic acid groups (broad SMARTS) is 1. The van der Waals surface area contributed by atoms with Crippen molar-refractivity contribution in [1.82, 2.24) is 19.6 Å². The number of hydrogen-bond donors (Lipinski definition) is 8. The number of aliphatic hydroxyl groups excluding tert-OH is 1. The third-order valence-corrected chi connectivity index (χ3v) is 4.95. The van der Waals surface area contributed by atoms with E-state index in [0.29, 0.717) is 19.4 Å². The van der Waals surface area contributed by atoms with Crippen molar-refractivity contribution in [3.05, 3.63) is 11.7 Å². The highest BCUT2D eigenvalue weighted by atomic mass is 32.2. The van der Waals surface area contributed by atoms with Crippen LogP contribution in [0.5, 0.6) is 0 Å². The van der Waals surface area contributed by atoms with Crippen molar-refractivity contribution in [2.45, 2.75) is 50.4 Å². The molecule has 12 N–H and O–H groups in total.